The second-order valence-electron chi connectivity index (χ2n) is 6.30. The average Bonchev–Trinajstić information content (AvgIpc) is 2.90. The number of hydrogen-bond acceptors (Lipinski definition) is 3. The molecule has 0 radical (unpaired) electrons. The van der Waals surface area contributed by atoms with Crippen molar-refractivity contribution in [2.45, 2.75) is 18.7 Å². The van der Waals surface area contributed by atoms with Crippen molar-refractivity contribution in [3.63, 3.8) is 0 Å². The lowest BCUT2D eigenvalue weighted by Crippen LogP contribution is -2.45. The van der Waals surface area contributed by atoms with E-state index in [4.69, 9.17) is 11.6 Å². The number of nitrogens with zero attached hydrogens (tertiary/aromatic N) is 2. The standard InChI is InChI=1S/C19H20ClN2OS/c20-17-9-7-16(8-10-17)19(23)14-21-11-4-12-24-18(21)22(19)13-15-5-2-1-3-6-15/h1-3,5-10,23H,4,11-14H2/q+1. The number of amidine groups is 1. The lowest BCUT2D eigenvalue weighted by molar-refractivity contribution is -0.532. The van der Waals surface area contributed by atoms with E-state index < -0.39 is 5.72 Å². The zero-order chi connectivity index (χ0) is 16.6. The molecule has 24 heavy (non-hydrogen) atoms. The fraction of sp³-hybridized carbons (Fsp3) is 0.316. The van der Waals surface area contributed by atoms with Crippen LogP contribution in [0.1, 0.15) is 17.5 Å². The van der Waals surface area contributed by atoms with Gasteiger partial charge in [0.25, 0.3) is 5.72 Å². The minimum atomic E-state index is -1.02. The van der Waals surface area contributed by atoms with Crippen molar-refractivity contribution < 1.29 is 9.68 Å². The molecule has 5 heteroatoms. The van der Waals surface area contributed by atoms with E-state index in [1.807, 2.05) is 54.2 Å². The van der Waals surface area contributed by atoms with Gasteiger partial charge in [-0.15, -0.1) is 0 Å². The van der Waals surface area contributed by atoms with Crippen LogP contribution < -0.4 is 0 Å². The smallest absolute Gasteiger partial charge is 0.311 e. The van der Waals surface area contributed by atoms with Crippen LogP contribution in [-0.4, -0.2) is 38.6 Å². The summed E-state index contributed by atoms with van der Waals surface area (Å²) >= 11 is 7.88. The molecule has 1 N–H and O–H groups in total. The molecule has 0 saturated heterocycles. The molecule has 3 nitrogen and oxygen atoms in total. The van der Waals surface area contributed by atoms with Crippen molar-refractivity contribution in [2.24, 2.45) is 0 Å². The second-order valence-corrected chi connectivity index (χ2v) is 7.80. The summed E-state index contributed by atoms with van der Waals surface area (Å²) in [5.74, 6) is 1.10. The molecule has 0 bridgehead atoms. The summed E-state index contributed by atoms with van der Waals surface area (Å²) in [5.41, 5.74) is 1.07. The molecule has 0 spiro atoms. The fourth-order valence-electron chi connectivity index (χ4n) is 3.44. The maximum absolute atomic E-state index is 11.6. The van der Waals surface area contributed by atoms with Gasteiger partial charge in [-0.1, -0.05) is 54.1 Å². The van der Waals surface area contributed by atoms with E-state index >= 15 is 0 Å². The highest BCUT2D eigenvalue weighted by molar-refractivity contribution is 8.13. The van der Waals surface area contributed by atoms with E-state index in [0.717, 1.165) is 24.3 Å². The first-order chi connectivity index (χ1) is 11.7. The lowest BCUT2D eigenvalue weighted by Gasteiger charge is -2.28. The van der Waals surface area contributed by atoms with Gasteiger partial charge in [0.2, 0.25) is 0 Å². The molecule has 2 aliphatic rings. The van der Waals surface area contributed by atoms with Crippen LogP contribution in [-0.2, 0) is 12.3 Å². The first-order valence-electron chi connectivity index (χ1n) is 8.21. The third kappa shape index (κ3) is 2.83. The predicted molar refractivity (Wildman–Crippen MR) is 99.4 cm³/mol. The molecule has 0 aliphatic carbocycles. The number of rotatable bonds is 3. The molecule has 2 aliphatic heterocycles. The van der Waals surface area contributed by atoms with Crippen LogP contribution in [0, 0.1) is 0 Å². The quantitative estimate of drug-likeness (QED) is 0.849. The minimum Gasteiger partial charge on any atom is -0.346 e. The Labute approximate surface area is 151 Å². The Bertz CT molecular complexity index is 763. The summed E-state index contributed by atoms with van der Waals surface area (Å²) in [5, 5.41) is 13.5. The summed E-state index contributed by atoms with van der Waals surface area (Å²) in [6.07, 6.45) is 1.16. The van der Waals surface area contributed by atoms with Gasteiger partial charge in [0.05, 0.1) is 6.54 Å². The molecular formula is C19H20ClN2OS+. The Kier molecular flexibility index (Phi) is 4.29. The summed E-state index contributed by atoms with van der Waals surface area (Å²) in [4.78, 5) is 2.15. The van der Waals surface area contributed by atoms with Crippen LogP contribution in [0.5, 0.6) is 0 Å². The second kappa shape index (κ2) is 6.43. The van der Waals surface area contributed by atoms with Crippen LogP contribution >= 0.6 is 23.4 Å². The molecule has 1 unspecified atom stereocenters. The van der Waals surface area contributed by atoms with Crippen molar-refractivity contribution in [3.8, 4) is 0 Å². The molecule has 0 saturated carbocycles. The van der Waals surface area contributed by atoms with Crippen molar-refractivity contribution in [2.75, 3.05) is 18.8 Å². The third-order valence-electron chi connectivity index (χ3n) is 4.65. The van der Waals surface area contributed by atoms with Gasteiger partial charge in [0.1, 0.15) is 6.54 Å². The zero-order valence-corrected chi connectivity index (χ0v) is 14.9. The van der Waals surface area contributed by atoms with E-state index in [2.05, 4.69) is 21.6 Å². The van der Waals surface area contributed by atoms with Gasteiger partial charge in [0, 0.05) is 16.3 Å². The van der Waals surface area contributed by atoms with E-state index in [1.54, 1.807) is 0 Å². The van der Waals surface area contributed by atoms with Gasteiger partial charge in [-0.05, 0) is 35.9 Å². The minimum absolute atomic E-state index is 0.601. The topological polar surface area (TPSA) is 26.5 Å². The summed E-state index contributed by atoms with van der Waals surface area (Å²) in [6, 6.07) is 17.9. The Morgan fingerprint density at radius 3 is 2.62 bits per heavy atom. The predicted octanol–water partition coefficient (Wildman–Crippen LogP) is 3.51. The van der Waals surface area contributed by atoms with Gasteiger partial charge in [-0.2, -0.15) is 0 Å². The summed E-state index contributed by atoms with van der Waals surface area (Å²) < 4.78 is 2.31. The highest BCUT2D eigenvalue weighted by Gasteiger charge is 2.53. The van der Waals surface area contributed by atoms with Crippen LogP contribution in [0.3, 0.4) is 0 Å². The van der Waals surface area contributed by atoms with E-state index in [0.29, 0.717) is 18.1 Å². The highest BCUT2D eigenvalue weighted by Crippen LogP contribution is 2.37. The SMILES string of the molecule is OC1(c2ccc(Cl)cc2)C[N+]2=C(SCCC2)N1Cc1ccccc1. The van der Waals surface area contributed by atoms with Crippen LogP contribution in [0.25, 0.3) is 0 Å². The molecule has 2 aromatic carbocycles. The Balaban J connectivity index is 1.73. The van der Waals surface area contributed by atoms with Crippen molar-refractivity contribution in [1.29, 1.82) is 0 Å². The number of halogens is 1. The molecule has 124 valence electrons. The number of aliphatic hydroxyl groups is 1. The number of thioether (sulfide) groups is 1. The molecule has 2 heterocycles. The normalized spacial score (nSPS) is 23.5. The van der Waals surface area contributed by atoms with Gasteiger partial charge < -0.3 is 5.11 Å². The van der Waals surface area contributed by atoms with E-state index in [1.165, 1.54) is 10.7 Å². The van der Waals surface area contributed by atoms with Crippen molar-refractivity contribution in [3.05, 3.63) is 70.7 Å². The van der Waals surface area contributed by atoms with Gasteiger partial charge in [-0.25, -0.2) is 9.48 Å². The Morgan fingerprint density at radius 2 is 1.88 bits per heavy atom. The van der Waals surface area contributed by atoms with Crippen molar-refractivity contribution in [1.82, 2.24) is 4.90 Å². The van der Waals surface area contributed by atoms with E-state index in [-0.39, 0.29) is 0 Å². The maximum atomic E-state index is 11.6. The van der Waals surface area contributed by atoms with Crippen LogP contribution in [0.2, 0.25) is 5.02 Å². The fourth-order valence-corrected chi connectivity index (χ4v) is 4.73. The molecule has 2 aromatic rings. The lowest BCUT2D eigenvalue weighted by atomic mass is 10.0. The first kappa shape index (κ1) is 16.0. The molecule has 1 atom stereocenters. The molecular weight excluding hydrogens is 340 g/mol. The first-order valence-corrected chi connectivity index (χ1v) is 9.58. The molecule has 0 aromatic heterocycles. The molecule has 0 amide bonds. The summed E-state index contributed by atoms with van der Waals surface area (Å²) in [7, 11) is 0. The number of benzene rings is 2. The van der Waals surface area contributed by atoms with Gasteiger partial charge in [0.15, 0.2) is 6.54 Å². The van der Waals surface area contributed by atoms with Crippen molar-refractivity contribution >= 4 is 28.5 Å². The van der Waals surface area contributed by atoms with Crippen LogP contribution in [0.4, 0.5) is 0 Å². The average molecular weight is 360 g/mol. The number of hydrogen-bond donors (Lipinski definition) is 1. The van der Waals surface area contributed by atoms with Crippen LogP contribution in [0.15, 0.2) is 54.6 Å². The molecule has 4 rings (SSSR count). The Morgan fingerprint density at radius 1 is 1.12 bits per heavy atom. The van der Waals surface area contributed by atoms with E-state index in [9.17, 15) is 5.11 Å². The zero-order valence-electron chi connectivity index (χ0n) is 13.4. The highest BCUT2D eigenvalue weighted by atomic mass is 35.5. The third-order valence-corrected chi connectivity index (χ3v) is 6.13. The Hall–Kier alpha value is -1.49. The molecule has 0 fully saturated rings. The maximum Gasteiger partial charge on any atom is 0.311 e. The monoisotopic (exact) mass is 359 g/mol. The van der Waals surface area contributed by atoms with Gasteiger partial charge in [-0.3, -0.25) is 0 Å². The van der Waals surface area contributed by atoms with Gasteiger partial charge >= 0.3 is 5.17 Å². The summed E-state index contributed by atoms with van der Waals surface area (Å²) in [6.45, 7) is 2.30. The largest absolute Gasteiger partial charge is 0.346 e.